The van der Waals surface area contributed by atoms with Gasteiger partial charge in [-0.1, -0.05) is 23.7 Å². The first-order valence-corrected chi connectivity index (χ1v) is 11.6. The Balaban J connectivity index is 1.83. The minimum absolute atomic E-state index is 0.118. The van der Waals surface area contributed by atoms with Crippen molar-refractivity contribution in [1.29, 1.82) is 0 Å². The summed E-state index contributed by atoms with van der Waals surface area (Å²) >= 11 is 6.37. The molecule has 3 heterocycles. The molecule has 4 rings (SSSR count). The molecule has 9 nitrogen and oxygen atoms in total. The van der Waals surface area contributed by atoms with E-state index in [-0.39, 0.29) is 18.3 Å². The molecule has 2 aromatic heterocycles. The van der Waals surface area contributed by atoms with Crippen LogP contribution in [0.15, 0.2) is 30.6 Å². The number of nitrogens with two attached hydrogens (primary N) is 1. The third kappa shape index (κ3) is 4.64. The van der Waals surface area contributed by atoms with E-state index in [1.165, 1.54) is 0 Å². The van der Waals surface area contributed by atoms with E-state index in [2.05, 4.69) is 15.3 Å². The number of hydrogen-bond donors (Lipinski definition) is 3. The Morgan fingerprint density at radius 3 is 2.74 bits per heavy atom. The van der Waals surface area contributed by atoms with Gasteiger partial charge in [-0.05, 0) is 45.2 Å². The second-order valence-corrected chi connectivity index (χ2v) is 9.37. The molecule has 0 saturated carbocycles. The van der Waals surface area contributed by atoms with E-state index in [0.717, 1.165) is 24.0 Å². The summed E-state index contributed by atoms with van der Waals surface area (Å²) in [4.78, 5) is 25.9. The van der Waals surface area contributed by atoms with Gasteiger partial charge >= 0.3 is 0 Å². The first-order valence-electron chi connectivity index (χ1n) is 11.2. The van der Waals surface area contributed by atoms with Gasteiger partial charge in [0, 0.05) is 53.2 Å². The van der Waals surface area contributed by atoms with Gasteiger partial charge in [0.05, 0.1) is 6.61 Å². The number of ether oxygens (including phenoxy) is 1. The van der Waals surface area contributed by atoms with Crippen molar-refractivity contribution < 1.29 is 14.6 Å². The minimum atomic E-state index is -0.748. The summed E-state index contributed by atoms with van der Waals surface area (Å²) in [5.41, 5.74) is 7.16. The van der Waals surface area contributed by atoms with E-state index in [9.17, 15) is 9.90 Å². The molecule has 0 bridgehead atoms. The lowest BCUT2D eigenvalue weighted by Gasteiger charge is -2.28. The number of imidazole rings is 1. The third-order valence-corrected chi connectivity index (χ3v) is 6.55. The van der Waals surface area contributed by atoms with Gasteiger partial charge in [0.15, 0.2) is 0 Å². The first kappa shape index (κ1) is 24.1. The molecule has 1 aromatic carbocycles. The van der Waals surface area contributed by atoms with Crippen molar-refractivity contribution in [3.05, 3.63) is 63.8 Å². The molecule has 10 heteroatoms. The molecule has 1 saturated heterocycles. The van der Waals surface area contributed by atoms with Gasteiger partial charge in [-0.2, -0.15) is 4.98 Å². The maximum absolute atomic E-state index is 12.1. The summed E-state index contributed by atoms with van der Waals surface area (Å²) < 4.78 is 7.21. The van der Waals surface area contributed by atoms with Gasteiger partial charge in [-0.25, -0.2) is 9.97 Å². The Morgan fingerprint density at radius 2 is 2.06 bits per heavy atom. The van der Waals surface area contributed by atoms with Crippen molar-refractivity contribution in [2.75, 3.05) is 18.5 Å². The predicted molar refractivity (Wildman–Crippen MR) is 129 cm³/mol. The van der Waals surface area contributed by atoms with E-state index in [1.807, 2.05) is 32.9 Å². The van der Waals surface area contributed by atoms with Gasteiger partial charge in [-0.15, -0.1) is 0 Å². The van der Waals surface area contributed by atoms with Crippen molar-refractivity contribution in [3.63, 3.8) is 0 Å². The third-order valence-electron chi connectivity index (χ3n) is 6.20. The number of nitrogens with zero attached hydrogens (tertiary/aromatic N) is 4. The van der Waals surface area contributed by atoms with Crippen LogP contribution in [-0.4, -0.2) is 49.8 Å². The fourth-order valence-electron chi connectivity index (χ4n) is 4.30. The number of benzene rings is 1. The normalized spacial score (nSPS) is 14.9. The van der Waals surface area contributed by atoms with Gasteiger partial charge in [-0.3, -0.25) is 9.36 Å². The number of halogens is 1. The molecule has 4 N–H and O–H groups in total. The Morgan fingerprint density at radius 1 is 1.32 bits per heavy atom. The summed E-state index contributed by atoms with van der Waals surface area (Å²) in [5.74, 6) is 0.971. The van der Waals surface area contributed by atoms with Crippen LogP contribution in [0.5, 0.6) is 0 Å². The van der Waals surface area contributed by atoms with Gasteiger partial charge in [0.1, 0.15) is 17.3 Å². The topological polar surface area (TPSA) is 128 Å². The number of rotatable bonds is 7. The minimum Gasteiger partial charge on any atom is -0.392 e. The predicted octanol–water partition coefficient (Wildman–Crippen LogP) is 3.13. The van der Waals surface area contributed by atoms with Crippen LogP contribution in [0.25, 0.3) is 5.82 Å². The molecule has 0 unspecified atom stereocenters. The molecule has 1 fully saturated rings. The molecule has 0 radical (unpaired) electrons. The van der Waals surface area contributed by atoms with E-state index in [1.54, 1.807) is 23.0 Å². The van der Waals surface area contributed by atoms with Crippen LogP contribution in [-0.2, 0) is 16.8 Å². The number of primary amides is 1. The van der Waals surface area contributed by atoms with Crippen molar-refractivity contribution in [2.24, 2.45) is 5.73 Å². The van der Waals surface area contributed by atoms with Gasteiger partial charge in [0.25, 0.3) is 5.91 Å². The highest BCUT2D eigenvalue weighted by Crippen LogP contribution is 2.37. The SMILES string of the molecule is Cc1cnc(NC2CCOCC2)nc1-n1cc(C(N)=O)nc1C(C)(C)c1cccc(Cl)c1CO. The average Bonchev–Trinajstić information content (AvgIpc) is 3.27. The van der Waals surface area contributed by atoms with Gasteiger partial charge in [0.2, 0.25) is 5.95 Å². The zero-order chi connectivity index (χ0) is 24.5. The molecular weight excluding hydrogens is 456 g/mol. The standard InChI is InChI=1S/C24H29ClN6O3/c1-14-11-27-23(28-15-7-9-34-10-8-15)30-21(14)31-12-19(20(26)33)29-22(31)24(2,3)17-5-4-6-18(25)16(17)13-32/h4-6,11-12,15,32H,7-10,13H2,1-3H3,(H2,26,33)(H,27,28,30). The highest BCUT2D eigenvalue weighted by atomic mass is 35.5. The lowest BCUT2D eigenvalue weighted by Crippen LogP contribution is -2.29. The summed E-state index contributed by atoms with van der Waals surface area (Å²) in [5, 5.41) is 13.8. The highest BCUT2D eigenvalue weighted by Gasteiger charge is 2.33. The van der Waals surface area contributed by atoms with Crippen LogP contribution in [0.4, 0.5) is 5.95 Å². The molecule has 180 valence electrons. The number of anilines is 1. The largest absolute Gasteiger partial charge is 0.392 e. The molecule has 0 atom stereocenters. The Bertz CT molecular complexity index is 1200. The van der Waals surface area contributed by atoms with Crippen LogP contribution in [0, 0.1) is 6.92 Å². The number of aliphatic hydroxyl groups excluding tert-OH is 1. The molecule has 3 aromatic rings. The highest BCUT2D eigenvalue weighted by molar-refractivity contribution is 6.31. The Labute approximate surface area is 203 Å². The molecular formula is C24H29ClN6O3. The maximum Gasteiger partial charge on any atom is 0.268 e. The zero-order valence-electron chi connectivity index (χ0n) is 19.5. The monoisotopic (exact) mass is 484 g/mol. The fraction of sp³-hybridized carbons (Fsp3) is 0.417. The Kier molecular flexibility index (Phi) is 6.88. The van der Waals surface area contributed by atoms with Crippen LogP contribution >= 0.6 is 11.6 Å². The quantitative estimate of drug-likeness (QED) is 0.470. The fourth-order valence-corrected chi connectivity index (χ4v) is 4.53. The summed E-state index contributed by atoms with van der Waals surface area (Å²) in [6.45, 7) is 6.98. The van der Waals surface area contributed by atoms with Crippen molar-refractivity contribution in [2.45, 2.75) is 51.7 Å². The smallest absolute Gasteiger partial charge is 0.268 e. The number of carbonyl (C=O) groups is 1. The van der Waals surface area contributed by atoms with E-state index in [4.69, 9.17) is 27.1 Å². The summed E-state index contributed by atoms with van der Waals surface area (Å²) in [6, 6.07) is 5.68. The average molecular weight is 485 g/mol. The first-order chi connectivity index (χ1) is 16.2. The summed E-state index contributed by atoms with van der Waals surface area (Å²) in [7, 11) is 0. The van der Waals surface area contributed by atoms with Crippen LogP contribution in [0.1, 0.15) is 59.7 Å². The number of aliphatic hydroxyl groups is 1. The van der Waals surface area contributed by atoms with Crippen LogP contribution < -0.4 is 11.1 Å². The van der Waals surface area contributed by atoms with E-state index < -0.39 is 11.3 Å². The van der Waals surface area contributed by atoms with Crippen LogP contribution in [0.3, 0.4) is 0 Å². The Hall–Kier alpha value is -3.01. The van der Waals surface area contributed by atoms with Crippen molar-refractivity contribution in [1.82, 2.24) is 19.5 Å². The number of aryl methyl sites for hydroxylation is 1. The molecule has 1 aliphatic rings. The van der Waals surface area contributed by atoms with Crippen LogP contribution in [0.2, 0.25) is 5.02 Å². The molecule has 1 aliphatic heterocycles. The second kappa shape index (κ2) is 9.69. The van der Waals surface area contributed by atoms with Gasteiger partial charge < -0.3 is 20.9 Å². The van der Waals surface area contributed by atoms with Crippen molar-refractivity contribution >= 4 is 23.5 Å². The summed E-state index contributed by atoms with van der Waals surface area (Å²) in [6.07, 6.45) is 5.08. The molecule has 0 spiro atoms. The number of nitrogens with one attached hydrogen (secondary N) is 1. The number of aromatic nitrogens is 4. The molecule has 0 aliphatic carbocycles. The molecule has 34 heavy (non-hydrogen) atoms. The second-order valence-electron chi connectivity index (χ2n) is 8.96. The number of amides is 1. The number of carbonyl (C=O) groups excluding carboxylic acids is 1. The van der Waals surface area contributed by atoms with Crippen molar-refractivity contribution in [3.8, 4) is 5.82 Å². The lowest BCUT2D eigenvalue weighted by atomic mass is 9.81. The molecule has 1 amide bonds. The van der Waals surface area contributed by atoms with E-state index in [0.29, 0.717) is 41.4 Å². The van der Waals surface area contributed by atoms with E-state index >= 15 is 0 Å². The zero-order valence-corrected chi connectivity index (χ0v) is 20.3. The number of hydrogen-bond acceptors (Lipinski definition) is 7. The lowest BCUT2D eigenvalue weighted by molar-refractivity contribution is 0.0903. The maximum atomic E-state index is 12.1.